The molecule has 7 nitrogen and oxygen atoms in total. The lowest BCUT2D eigenvalue weighted by Crippen LogP contribution is -2.49. The molecule has 0 bridgehead atoms. The van der Waals surface area contributed by atoms with Gasteiger partial charge in [-0.25, -0.2) is 4.98 Å². The molecule has 0 aliphatic carbocycles. The molecule has 7 heteroatoms. The third-order valence-corrected chi connectivity index (χ3v) is 4.65. The lowest BCUT2D eigenvalue weighted by Gasteiger charge is -2.34. The zero-order valence-corrected chi connectivity index (χ0v) is 14.8. The van der Waals surface area contributed by atoms with Gasteiger partial charge in [-0.1, -0.05) is 18.2 Å². The molecule has 3 heterocycles. The van der Waals surface area contributed by atoms with Crippen LogP contribution in [-0.2, 0) is 6.61 Å². The van der Waals surface area contributed by atoms with Crippen molar-refractivity contribution in [3.8, 4) is 11.3 Å². The molecule has 1 amide bonds. The summed E-state index contributed by atoms with van der Waals surface area (Å²) in [6.45, 7) is 2.56. The van der Waals surface area contributed by atoms with Crippen molar-refractivity contribution in [1.82, 2.24) is 14.9 Å². The Balaban J connectivity index is 1.46. The van der Waals surface area contributed by atoms with Crippen molar-refractivity contribution < 1.29 is 14.3 Å². The Kier molecular flexibility index (Phi) is 4.84. The minimum absolute atomic E-state index is 0.00733. The van der Waals surface area contributed by atoms with E-state index in [2.05, 4.69) is 9.88 Å². The number of carbonyl (C=O) groups excluding carboxylic acids is 1. The molecule has 0 unspecified atom stereocenters. The molecular formula is C20H20N4O3. The summed E-state index contributed by atoms with van der Waals surface area (Å²) in [5.41, 5.74) is 2.52. The van der Waals surface area contributed by atoms with Crippen LogP contribution in [0.3, 0.4) is 0 Å². The normalized spacial score (nSPS) is 14.4. The number of hydrogen-bond donors (Lipinski definition) is 1. The largest absolute Gasteiger partial charge is 0.459 e. The lowest BCUT2D eigenvalue weighted by atomic mass is 10.1. The summed E-state index contributed by atoms with van der Waals surface area (Å²) in [5.74, 6) is 1.07. The summed E-state index contributed by atoms with van der Waals surface area (Å²) in [6, 6.07) is 11.0. The Morgan fingerprint density at radius 3 is 2.70 bits per heavy atom. The third-order valence-electron chi connectivity index (χ3n) is 4.65. The minimum atomic E-state index is -0.0831. The number of benzene rings is 1. The van der Waals surface area contributed by atoms with Crippen LogP contribution in [0.15, 0.2) is 59.5 Å². The number of hydrogen-bond acceptors (Lipinski definition) is 6. The molecule has 1 aromatic carbocycles. The van der Waals surface area contributed by atoms with Gasteiger partial charge in [-0.15, -0.1) is 0 Å². The Labute approximate surface area is 156 Å². The van der Waals surface area contributed by atoms with E-state index in [-0.39, 0.29) is 12.5 Å². The van der Waals surface area contributed by atoms with Gasteiger partial charge in [-0.05, 0) is 23.8 Å². The highest BCUT2D eigenvalue weighted by molar-refractivity contribution is 5.91. The van der Waals surface area contributed by atoms with Gasteiger partial charge in [0.15, 0.2) is 5.76 Å². The SMILES string of the molecule is O=C(c1ccco1)N1CCN(c2cncc(-c3cccc(CO)c3)n2)CC1. The molecule has 138 valence electrons. The first-order chi connectivity index (χ1) is 13.2. The lowest BCUT2D eigenvalue weighted by molar-refractivity contribution is 0.0714. The van der Waals surface area contributed by atoms with E-state index in [9.17, 15) is 9.90 Å². The van der Waals surface area contributed by atoms with E-state index in [0.717, 1.165) is 22.6 Å². The van der Waals surface area contributed by atoms with Gasteiger partial charge in [-0.2, -0.15) is 0 Å². The number of aliphatic hydroxyl groups excluding tert-OH is 1. The van der Waals surface area contributed by atoms with Gasteiger partial charge in [-0.3, -0.25) is 9.78 Å². The average molecular weight is 364 g/mol. The molecule has 3 aromatic rings. The summed E-state index contributed by atoms with van der Waals surface area (Å²) in [4.78, 5) is 25.3. The van der Waals surface area contributed by atoms with Crippen molar-refractivity contribution in [3.05, 3.63) is 66.4 Å². The number of aromatic nitrogens is 2. The number of carbonyl (C=O) groups is 1. The quantitative estimate of drug-likeness (QED) is 0.764. The summed E-state index contributed by atoms with van der Waals surface area (Å²) >= 11 is 0. The van der Waals surface area contributed by atoms with E-state index < -0.39 is 0 Å². The second-order valence-corrected chi connectivity index (χ2v) is 6.38. The van der Waals surface area contributed by atoms with Gasteiger partial charge in [0.2, 0.25) is 0 Å². The van der Waals surface area contributed by atoms with E-state index in [1.54, 1.807) is 29.4 Å². The van der Waals surface area contributed by atoms with E-state index in [1.807, 2.05) is 24.3 Å². The maximum Gasteiger partial charge on any atom is 0.289 e. The molecule has 4 rings (SSSR count). The van der Waals surface area contributed by atoms with Crippen LogP contribution in [0.1, 0.15) is 16.1 Å². The van der Waals surface area contributed by atoms with Crippen molar-refractivity contribution in [1.29, 1.82) is 0 Å². The molecule has 0 saturated carbocycles. The van der Waals surface area contributed by atoms with Gasteiger partial charge in [0.05, 0.1) is 31.0 Å². The van der Waals surface area contributed by atoms with Gasteiger partial charge < -0.3 is 19.3 Å². The second-order valence-electron chi connectivity index (χ2n) is 6.38. The number of furan rings is 1. The van der Waals surface area contributed by atoms with E-state index >= 15 is 0 Å². The second kappa shape index (κ2) is 7.59. The monoisotopic (exact) mass is 364 g/mol. The highest BCUT2D eigenvalue weighted by atomic mass is 16.3. The summed E-state index contributed by atoms with van der Waals surface area (Å²) in [6.07, 6.45) is 4.97. The summed E-state index contributed by atoms with van der Waals surface area (Å²) in [7, 11) is 0. The fraction of sp³-hybridized carbons (Fsp3) is 0.250. The highest BCUT2D eigenvalue weighted by Crippen LogP contribution is 2.21. The Morgan fingerprint density at radius 2 is 1.96 bits per heavy atom. The minimum Gasteiger partial charge on any atom is -0.459 e. The van der Waals surface area contributed by atoms with Gasteiger partial charge in [0.25, 0.3) is 5.91 Å². The highest BCUT2D eigenvalue weighted by Gasteiger charge is 2.24. The first kappa shape index (κ1) is 17.2. The third kappa shape index (κ3) is 3.68. The summed E-state index contributed by atoms with van der Waals surface area (Å²) < 4.78 is 5.20. The molecule has 1 aliphatic heterocycles. The Hall–Kier alpha value is -3.19. The number of rotatable bonds is 4. The van der Waals surface area contributed by atoms with Crippen molar-refractivity contribution in [2.24, 2.45) is 0 Å². The smallest absolute Gasteiger partial charge is 0.289 e. The average Bonchev–Trinajstić information content (AvgIpc) is 3.28. The van der Waals surface area contributed by atoms with Crippen LogP contribution in [0.4, 0.5) is 5.82 Å². The number of amides is 1. The van der Waals surface area contributed by atoms with Crippen molar-refractivity contribution >= 4 is 11.7 Å². The number of piperazine rings is 1. The van der Waals surface area contributed by atoms with E-state index in [0.29, 0.717) is 31.9 Å². The number of anilines is 1. The molecule has 27 heavy (non-hydrogen) atoms. The van der Waals surface area contributed by atoms with Crippen LogP contribution in [0.2, 0.25) is 0 Å². The number of nitrogens with zero attached hydrogens (tertiary/aromatic N) is 4. The van der Waals surface area contributed by atoms with Crippen LogP contribution >= 0.6 is 0 Å². The molecule has 1 N–H and O–H groups in total. The van der Waals surface area contributed by atoms with Crippen LogP contribution < -0.4 is 4.90 Å². The van der Waals surface area contributed by atoms with Crippen LogP contribution in [0.5, 0.6) is 0 Å². The number of aliphatic hydroxyl groups is 1. The molecule has 1 saturated heterocycles. The Morgan fingerprint density at radius 1 is 1.11 bits per heavy atom. The molecule has 0 spiro atoms. The van der Waals surface area contributed by atoms with Crippen molar-refractivity contribution in [2.75, 3.05) is 31.1 Å². The molecule has 1 aliphatic rings. The molecule has 0 radical (unpaired) electrons. The molecule has 1 fully saturated rings. The zero-order chi connectivity index (χ0) is 18.6. The Bertz CT molecular complexity index is 918. The fourth-order valence-corrected chi connectivity index (χ4v) is 3.17. The van der Waals surface area contributed by atoms with Crippen molar-refractivity contribution in [2.45, 2.75) is 6.61 Å². The standard InChI is InChI=1S/C20H20N4O3/c25-14-15-3-1-4-16(11-15)17-12-21-13-19(22-17)23-6-8-24(9-7-23)20(26)18-5-2-10-27-18/h1-5,10-13,25H,6-9,14H2. The maximum absolute atomic E-state index is 12.4. The van der Waals surface area contributed by atoms with E-state index in [4.69, 9.17) is 9.40 Å². The van der Waals surface area contributed by atoms with Gasteiger partial charge >= 0.3 is 0 Å². The maximum atomic E-state index is 12.4. The predicted molar refractivity (Wildman–Crippen MR) is 100 cm³/mol. The van der Waals surface area contributed by atoms with Crippen molar-refractivity contribution in [3.63, 3.8) is 0 Å². The van der Waals surface area contributed by atoms with Crippen LogP contribution in [0, 0.1) is 0 Å². The van der Waals surface area contributed by atoms with Crippen LogP contribution in [0.25, 0.3) is 11.3 Å². The first-order valence-electron chi connectivity index (χ1n) is 8.84. The summed E-state index contributed by atoms with van der Waals surface area (Å²) in [5, 5.41) is 9.32. The van der Waals surface area contributed by atoms with Gasteiger partial charge in [0.1, 0.15) is 5.82 Å². The van der Waals surface area contributed by atoms with E-state index in [1.165, 1.54) is 6.26 Å². The predicted octanol–water partition coefficient (Wildman–Crippen LogP) is 2.19. The zero-order valence-electron chi connectivity index (χ0n) is 14.8. The van der Waals surface area contributed by atoms with Crippen LogP contribution in [-0.4, -0.2) is 52.1 Å². The molecular weight excluding hydrogens is 344 g/mol. The first-order valence-corrected chi connectivity index (χ1v) is 8.84. The fourth-order valence-electron chi connectivity index (χ4n) is 3.17. The topological polar surface area (TPSA) is 82.7 Å². The van der Waals surface area contributed by atoms with Gasteiger partial charge in [0, 0.05) is 31.7 Å². The molecule has 0 atom stereocenters. The molecule has 2 aromatic heterocycles.